The van der Waals surface area contributed by atoms with E-state index < -0.39 is 0 Å². The van der Waals surface area contributed by atoms with Crippen molar-refractivity contribution >= 4 is 32.3 Å². The Hall–Kier alpha value is -2.08. The van der Waals surface area contributed by atoms with Gasteiger partial charge >= 0.3 is 0 Å². The third-order valence-electron chi connectivity index (χ3n) is 6.09. The van der Waals surface area contributed by atoms with Gasteiger partial charge in [-0.2, -0.15) is 0 Å². The highest BCUT2D eigenvalue weighted by Crippen LogP contribution is 2.44. The minimum absolute atomic E-state index is 0.300. The van der Waals surface area contributed by atoms with Crippen LogP contribution in [0.3, 0.4) is 0 Å². The van der Waals surface area contributed by atoms with Gasteiger partial charge in [-0.3, -0.25) is 0 Å². The molecular weight excluding hydrogens is 276 g/mol. The van der Waals surface area contributed by atoms with Crippen LogP contribution >= 0.6 is 0 Å². The first-order chi connectivity index (χ1) is 11.0. The van der Waals surface area contributed by atoms with Crippen LogP contribution in [0.25, 0.3) is 32.3 Å². The highest BCUT2D eigenvalue weighted by atomic mass is 14.3. The molecule has 0 aliphatic carbocycles. The SMILES string of the molecule is CCC(C)(C)C(C)c1cc2cccc3ccc4cccc1c4c32. The van der Waals surface area contributed by atoms with Gasteiger partial charge in [0, 0.05) is 0 Å². The van der Waals surface area contributed by atoms with E-state index >= 15 is 0 Å². The predicted molar refractivity (Wildman–Crippen MR) is 103 cm³/mol. The van der Waals surface area contributed by atoms with E-state index in [9.17, 15) is 0 Å². The van der Waals surface area contributed by atoms with E-state index in [1.54, 1.807) is 0 Å². The van der Waals surface area contributed by atoms with Crippen molar-refractivity contribution in [3.05, 3.63) is 60.2 Å². The van der Waals surface area contributed by atoms with Crippen LogP contribution in [-0.2, 0) is 0 Å². The minimum Gasteiger partial charge on any atom is -0.0649 e. The molecule has 0 saturated heterocycles. The largest absolute Gasteiger partial charge is 0.0649 e. The third-order valence-corrected chi connectivity index (χ3v) is 6.09. The van der Waals surface area contributed by atoms with E-state index in [0.717, 1.165) is 0 Å². The number of rotatable bonds is 3. The molecule has 4 aromatic rings. The third kappa shape index (κ3) is 2.05. The fraction of sp³-hybridized carbons (Fsp3) is 0.304. The van der Waals surface area contributed by atoms with E-state index in [1.807, 2.05) is 0 Å². The van der Waals surface area contributed by atoms with Gasteiger partial charge in [0.2, 0.25) is 0 Å². The lowest BCUT2D eigenvalue weighted by Gasteiger charge is -2.32. The van der Waals surface area contributed by atoms with Crippen LogP contribution in [0.15, 0.2) is 54.6 Å². The molecule has 1 atom stereocenters. The molecule has 0 aromatic heterocycles. The zero-order valence-electron chi connectivity index (χ0n) is 14.5. The number of benzene rings is 4. The number of hydrogen-bond donors (Lipinski definition) is 0. The summed E-state index contributed by atoms with van der Waals surface area (Å²) in [6, 6.07) is 20.4. The first-order valence-electron chi connectivity index (χ1n) is 8.69. The standard InChI is InChI=1S/C23H24/c1-5-23(3,4)15(2)20-14-18-10-6-8-16-12-13-17-9-7-11-19(20)22(17)21(16)18/h6-15H,5H2,1-4H3. The van der Waals surface area contributed by atoms with Crippen molar-refractivity contribution in [1.82, 2.24) is 0 Å². The molecule has 116 valence electrons. The molecule has 0 aliphatic heterocycles. The summed E-state index contributed by atoms with van der Waals surface area (Å²) >= 11 is 0. The van der Waals surface area contributed by atoms with Gasteiger partial charge in [-0.15, -0.1) is 0 Å². The monoisotopic (exact) mass is 300 g/mol. The summed E-state index contributed by atoms with van der Waals surface area (Å²) in [5.74, 6) is 0.529. The van der Waals surface area contributed by atoms with Gasteiger partial charge in [-0.25, -0.2) is 0 Å². The van der Waals surface area contributed by atoms with E-state index in [2.05, 4.69) is 82.3 Å². The number of hydrogen-bond acceptors (Lipinski definition) is 0. The van der Waals surface area contributed by atoms with Crippen molar-refractivity contribution in [2.45, 2.75) is 40.0 Å². The minimum atomic E-state index is 0.300. The summed E-state index contributed by atoms with van der Waals surface area (Å²) in [6.07, 6.45) is 1.19. The molecular formula is C23H24. The molecule has 4 aromatic carbocycles. The molecule has 0 fully saturated rings. The molecule has 0 nitrogen and oxygen atoms in total. The van der Waals surface area contributed by atoms with Crippen LogP contribution in [0, 0.1) is 5.41 Å². The molecule has 0 spiro atoms. The van der Waals surface area contributed by atoms with E-state index in [0.29, 0.717) is 11.3 Å². The fourth-order valence-electron chi connectivity index (χ4n) is 3.88. The quantitative estimate of drug-likeness (QED) is 0.353. The van der Waals surface area contributed by atoms with Crippen LogP contribution in [0.2, 0.25) is 0 Å². The molecule has 23 heavy (non-hydrogen) atoms. The second-order valence-corrected chi connectivity index (χ2v) is 7.58. The van der Waals surface area contributed by atoms with Gasteiger partial charge < -0.3 is 0 Å². The van der Waals surface area contributed by atoms with E-state index in [1.165, 1.54) is 44.3 Å². The smallest absolute Gasteiger partial charge is 0.00239 e. The lowest BCUT2D eigenvalue weighted by Crippen LogP contribution is -2.19. The maximum atomic E-state index is 2.44. The Balaban J connectivity index is 2.17. The van der Waals surface area contributed by atoms with Crippen molar-refractivity contribution in [2.24, 2.45) is 5.41 Å². The predicted octanol–water partition coefficient (Wildman–Crippen LogP) is 7.12. The van der Waals surface area contributed by atoms with Crippen molar-refractivity contribution in [3.8, 4) is 0 Å². The average molecular weight is 300 g/mol. The van der Waals surface area contributed by atoms with Gasteiger partial charge in [0.25, 0.3) is 0 Å². The first-order valence-corrected chi connectivity index (χ1v) is 8.69. The lowest BCUT2D eigenvalue weighted by atomic mass is 9.72. The van der Waals surface area contributed by atoms with Gasteiger partial charge in [0.15, 0.2) is 0 Å². The highest BCUT2D eigenvalue weighted by Gasteiger charge is 2.27. The summed E-state index contributed by atoms with van der Waals surface area (Å²) in [4.78, 5) is 0. The normalized spacial score (nSPS) is 14.1. The molecule has 0 heterocycles. The lowest BCUT2D eigenvalue weighted by molar-refractivity contribution is 0.290. The molecule has 0 N–H and O–H groups in total. The Kier molecular flexibility index (Phi) is 3.13. The second-order valence-electron chi connectivity index (χ2n) is 7.58. The Bertz CT molecular complexity index is 991. The summed E-state index contributed by atoms with van der Waals surface area (Å²) in [7, 11) is 0. The van der Waals surface area contributed by atoms with Gasteiger partial charge in [-0.1, -0.05) is 88.7 Å². The van der Waals surface area contributed by atoms with Crippen molar-refractivity contribution in [3.63, 3.8) is 0 Å². The Morgan fingerprint density at radius 1 is 0.826 bits per heavy atom. The van der Waals surface area contributed by atoms with Crippen LogP contribution in [0.1, 0.15) is 45.6 Å². The molecule has 4 rings (SSSR count). The maximum absolute atomic E-state index is 2.44. The molecule has 0 bridgehead atoms. The molecule has 0 saturated carbocycles. The van der Waals surface area contributed by atoms with Crippen molar-refractivity contribution < 1.29 is 0 Å². The van der Waals surface area contributed by atoms with Crippen LogP contribution in [0.4, 0.5) is 0 Å². The second kappa shape index (κ2) is 4.96. The molecule has 0 radical (unpaired) electrons. The molecule has 0 heteroatoms. The van der Waals surface area contributed by atoms with Crippen molar-refractivity contribution in [1.29, 1.82) is 0 Å². The molecule has 0 aliphatic rings. The Labute approximate surface area is 138 Å². The summed E-state index contributed by atoms with van der Waals surface area (Å²) in [6.45, 7) is 9.47. The maximum Gasteiger partial charge on any atom is -0.00239 e. The Morgan fingerprint density at radius 2 is 1.43 bits per heavy atom. The zero-order chi connectivity index (χ0) is 16.2. The van der Waals surface area contributed by atoms with Crippen LogP contribution in [-0.4, -0.2) is 0 Å². The topological polar surface area (TPSA) is 0 Å². The summed E-state index contributed by atoms with van der Waals surface area (Å²) in [5, 5.41) is 8.37. The molecule has 0 amide bonds. The van der Waals surface area contributed by atoms with Gasteiger partial charge in [0.05, 0.1) is 0 Å². The van der Waals surface area contributed by atoms with Gasteiger partial charge in [0.1, 0.15) is 0 Å². The van der Waals surface area contributed by atoms with Crippen molar-refractivity contribution in [2.75, 3.05) is 0 Å². The summed E-state index contributed by atoms with van der Waals surface area (Å²) < 4.78 is 0. The zero-order valence-corrected chi connectivity index (χ0v) is 14.5. The first kappa shape index (κ1) is 14.5. The summed E-state index contributed by atoms with van der Waals surface area (Å²) in [5.41, 5.74) is 1.79. The average Bonchev–Trinajstić information content (AvgIpc) is 2.58. The van der Waals surface area contributed by atoms with Crippen LogP contribution in [0.5, 0.6) is 0 Å². The fourth-order valence-corrected chi connectivity index (χ4v) is 3.88. The Morgan fingerprint density at radius 3 is 2.13 bits per heavy atom. The highest BCUT2D eigenvalue weighted by molar-refractivity contribution is 6.23. The molecule has 1 unspecified atom stereocenters. The van der Waals surface area contributed by atoms with E-state index in [-0.39, 0.29) is 0 Å². The van der Waals surface area contributed by atoms with Crippen LogP contribution < -0.4 is 0 Å². The van der Waals surface area contributed by atoms with Gasteiger partial charge in [-0.05, 0) is 49.2 Å². The van der Waals surface area contributed by atoms with E-state index in [4.69, 9.17) is 0 Å².